The summed E-state index contributed by atoms with van der Waals surface area (Å²) in [6.07, 6.45) is 0. The summed E-state index contributed by atoms with van der Waals surface area (Å²) in [5, 5.41) is 13.2. The standard InChI is InChI=1S/C28H25FN4O3/c1-15-17(6-5-9-20(15)31-26(34)18-7-4-8-19(29)25(18)30)22-12-13-24-27(35)32-21-14-16(28(2,3)36)10-11-23(21)33(22)24/h4-14,36H,30H2,1-3H3,(H,31,34)(H,32,35). The Bertz CT molecular complexity index is 1730. The average Bonchev–Trinajstić information content (AvgIpc) is 3.27. The van der Waals surface area contributed by atoms with E-state index in [1.54, 1.807) is 38.1 Å². The molecule has 7 nitrogen and oxygen atoms in total. The predicted octanol–water partition coefficient (Wildman–Crippen LogP) is 4.96. The zero-order valence-electron chi connectivity index (χ0n) is 20.0. The monoisotopic (exact) mass is 484 g/mol. The molecule has 0 spiro atoms. The molecule has 0 saturated carbocycles. The van der Waals surface area contributed by atoms with Crippen molar-refractivity contribution in [2.24, 2.45) is 0 Å². The molecule has 5 N–H and O–H groups in total. The molecule has 0 fully saturated rings. The fourth-order valence-corrected chi connectivity index (χ4v) is 4.45. The van der Waals surface area contributed by atoms with E-state index in [-0.39, 0.29) is 16.8 Å². The topological polar surface area (TPSA) is 113 Å². The van der Waals surface area contributed by atoms with E-state index in [1.165, 1.54) is 18.2 Å². The number of hydrogen-bond donors (Lipinski definition) is 4. The number of carbonyl (C=O) groups is 1. The first-order chi connectivity index (χ1) is 17.1. The molecule has 8 heteroatoms. The summed E-state index contributed by atoms with van der Waals surface area (Å²) in [7, 11) is 0. The SMILES string of the molecule is Cc1c(NC(=O)c2cccc(F)c2N)cccc1-c1ccc2c(=O)[nH]c3cc(C(C)(C)O)ccc3n12. The fraction of sp³-hybridized carbons (Fsp3) is 0.143. The highest BCUT2D eigenvalue weighted by atomic mass is 19.1. The number of aromatic amines is 1. The number of aliphatic hydroxyl groups is 1. The van der Waals surface area contributed by atoms with Gasteiger partial charge in [-0.3, -0.25) is 9.59 Å². The fourth-order valence-electron chi connectivity index (χ4n) is 4.45. The number of halogens is 1. The van der Waals surface area contributed by atoms with Gasteiger partial charge in [0, 0.05) is 11.3 Å². The van der Waals surface area contributed by atoms with Crippen LogP contribution in [0, 0.1) is 12.7 Å². The Morgan fingerprint density at radius 1 is 1.06 bits per heavy atom. The summed E-state index contributed by atoms with van der Waals surface area (Å²) >= 11 is 0. The van der Waals surface area contributed by atoms with Crippen LogP contribution >= 0.6 is 0 Å². The van der Waals surface area contributed by atoms with Crippen LogP contribution in [0.4, 0.5) is 15.8 Å². The van der Waals surface area contributed by atoms with E-state index in [0.29, 0.717) is 22.3 Å². The Kier molecular flexibility index (Phi) is 5.41. The van der Waals surface area contributed by atoms with E-state index in [9.17, 15) is 19.1 Å². The average molecular weight is 485 g/mol. The number of amides is 1. The van der Waals surface area contributed by atoms with Crippen molar-refractivity contribution in [3.05, 3.63) is 99.6 Å². The molecule has 0 unspecified atom stereocenters. The second kappa shape index (κ2) is 8.35. The molecule has 0 aliphatic heterocycles. The highest BCUT2D eigenvalue weighted by Gasteiger charge is 2.20. The Hall–Kier alpha value is -4.43. The maximum Gasteiger partial charge on any atom is 0.272 e. The third kappa shape index (κ3) is 3.81. The quantitative estimate of drug-likeness (QED) is 0.270. The number of nitrogen functional groups attached to an aromatic ring is 1. The number of H-pyrrole nitrogens is 1. The number of nitrogens with two attached hydrogens (primary N) is 1. The molecule has 5 aromatic rings. The first kappa shape index (κ1) is 23.3. The number of benzene rings is 3. The Balaban J connectivity index is 1.64. The second-order valence-corrected chi connectivity index (χ2v) is 9.32. The number of nitrogens with zero attached hydrogens (tertiary/aromatic N) is 1. The Morgan fingerprint density at radius 2 is 1.78 bits per heavy atom. The third-order valence-corrected chi connectivity index (χ3v) is 6.46. The van der Waals surface area contributed by atoms with Crippen LogP contribution in [0.15, 0.2) is 71.5 Å². The summed E-state index contributed by atoms with van der Waals surface area (Å²) in [5.41, 5.74) is 9.64. The van der Waals surface area contributed by atoms with Gasteiger partial charge in [-0.2, -0.15) is 0 Å². The van der Waals surface area contributed by atoms with Crippen LogP contribution in [0.1, 0.15) is 35.3 Å². The van der Waals surface area contributed by atoms with Crippen molar-refractivity contribution in [1.82, 2.24) is 9.38 Å². The molecule has 1 amide bonds. The van der Waals surface area contributed by atoms with Gasteiger partial charge in [0.2, 0.25) is 0 Å². The van der Waals surface area contributed by atoms with Crippen LogP contribution in [-0.4, -0.2) is 20.4 Å². The molecule has 0 bridgehead atoms. The number of para-hydroxylation sites is 1. The zero-order valence-corrected chi connectivity index (χ0v) is 20.0. The molecule has 2 heterocycles. The number of carbonyl (C=O) groups excluding carboxylic acids is 1. The summed E-state index contributed by atoms with van der Waals surface area (Å²) in [6, 6.07) is 18.6. The number of anilines is 2. The maximum atomic E-state index is 13.9. The minimum absolute atomic E-state index is 0.0491. The van der Waals surface area contributed by atoms with Crippen molar-refractivity contribution < 1.29 is 14.3 Å². The van der Waals surface area contributed by atoms with Gasteiger partial charge in [-0.15, -0.1) is 0 Å². The van der Waals surface area contributed by atoms with Crippen molar-refractivity contribution in [2.45, 2.75) is 26.4 Å². The van der Waals surface area contributed by atoms with Gasteiger partial charge >= 0.3 is 0 Å². The minimum Gasteiger partial charge on any atom is -0.396 e. The van der Waals surface area contributed by atoms with Crippen molar-refractivity contribution >= 4 is 33.8 Å². The molecule has 0 atom stereocenters. The van der Waals surface area contributed by atoms with Gasteiger partial charge < -0.3 is 25.5 Å². The third-order valence-electron chi connectivity index (χ3n) is 6.46. The number of fused-ring (bicyclic) bond motifs is 3. The van der Waals surface area contributed by atoms with Gasteiger partial charge in [-0.1, -0.05) is 24.3 Å². The van der Waals surface area contributed by atoms with E-state index in [4.69, 9.17) is 5.73 Å². The minimum atomic E-state index is -1.06. The maximum absolute atomic E-state index is 13.9. The lowest BCUT2D eigenvalue weighted by Crippen LogP contribution is -2.17. The lowest BCUT2D eigenvalue weighted by Gasteiger charge is -2.19. The van der Waals surface area contributed by atoms with Crippen molar-refractivity contribution in [2.75, 3.05) is 11.1 Å². The van der Waals surface area contributed by atoms with E-state index in [1.807, 2.05) is 35.6 Å². The number of rotatable bonds is 4. The van der Waals surface area contributed by atoms with Crippen LogP contribution in [0.3, 0.4) is 0 Å². The van der Waals surface area contributed by atoms with Gasteiger partial charge in [0.1, 0.15) is 11.3 Å². The molecular weight excluding hydrogens is 459 g/mol. The van der Waals surface area contributed by atoms with Gasteiger partial charge in [0.25, 0.3) is 11.5 Å². The summed E-state index contributed by atoms with van der Waals surface area (Å²) in [5.74, 6) is -1.18. The molecule has 0 aliphatic rings. The van der Waals surface area contributed by atoms with E-state index in [2.05, 4.69) is 10.3 Å². The molecular formula is C28H25FN4O3. The van der Waals surface area contributed by atoms with Gasteiger partial charge in [0.15, 0.2) is 0 Å². The van der Waals surface area contributed by atoms with Crippen LogP contribution in [0.25, 0.3) is 27.8 Å². The first-order valence-electron chi connectivity index (χ1n) is 11.4. The lowest BCUT2D eigenvalue weighted by molar-refractivity contribution is 0.0787. The van der Waals surface area contributed by atoms with Crippen molar-refractivity contribution in [3.8, 4) is 11.3 Å². The zero-order chi connectivity index (χ0) is 25.8. The van der Waals surface area contributed by atoms with Crippen LogP contribution < -0.4 is 16.6 Å². The predicted molar refractivity (Wildman–Crippen MR) is 140 cm³/mol. The van der Waals surface area contributed by atoms with E-state index >= 15 is 0 Å². The van der Waals surface area contributed by atoms with E-state index in [0.717, 1.165) is 22.3 Å². The molecule has 2 aromatic heterocycles. The highest BCUT2D eigenvalue weighted by Crippen LogP contribution is 2.32. The van der Waals surface area contributed by atoms with Crippen LogP contribution in [0.5, 0.6) is 0 Å². The number of nitrogens with one attached hydrogen (secondary N) is 2. The largest absolute Gasteiger partial charge is 0.396 e. The number of aromatic nitrogens is 2. The Morgan fingerprint density at radius 3 is 2.53 bits per heavy atom. The lowest BCUT2D eigenvalue weighted by atomic mass is 9.98. The molecule has 3 aromatic carbocycles. The second-order valence-electron chi connectivity index (χ2n) is 9.32. The van der Waals surface area contributed by atoms with E-state index < -0.39 is 17.3 Å². The van der Waals surface area contributed by atoms with Crippen LogP contribution in [0.2, 0.25) is 0 Å². The molecule has 36 heavy (non-hydrogen) atoms. The molecule has 5 rings (SSSR count). The van der Waals surface area contributed by atoms with Crippen molar-refractivity contribution in [1.29, 1.82) is 0 Å². The van der Waals surface area contributed by atoms with Crippen LogP contribution in [-0.2, 0) is 5.60 Å². The van der Waals surface area contributed by atoms with Crippen molar-refractivity contribution in [3.63, 3.8) is 0 Å². The summed E-state index contributed by atoms with van der Waals surface area (Å²) < 4.78 is 15.7. The normalized spacial score (nSPS) is 11.8. The van der Waals surface area contributed by atoms with Gasteiger partial charge in [0.05, 0.1) is 33.6 Å². The smallest absolute Gasteiger partial charge is 0.272 e. The molecule has 0 saturated heterocycles. The molecule has 0 aliphatic carbocycles. The molecule has 182 valence electrons. The van der Waals surface area contributed by atoms with Gasteiger partial charge in [-0.25, -0.2) is 4.39 Å². The highest BCUT2D eigenvalue weighted by molar-refractivity contribution is 6.08. The Labute approximate surface area is 206 Å². The summed E-state index contributed by atoms with van der Waals surface area (Å²) in [6.45, 7) is 5.24. The molecule has 0 radical (unpaired) electrons. The van der Waals surface area contributed by atoms with Gasteiger partial charge in [-0.05, 0) is 74.4 Å². The number of hydrogen-bond acceptors (Lipinski definition) is 4. The first-order valence-corrected chi connectivity index (χ1v) is 11.4. The summed E-state index contributed by atoms with van der Waals surface area (Å²) in [4.78, 5) is 28.6.